The fraction of sp³-hybridized carbons (Fsp3) is 1.00. The smallest absolute Gasteiger partial charge is 0.0630 e. The summed E-state index contributed by atoms with van der Waals surface area (Å²) in [5.41, 5.74) is 5.47. The highest BCUT2D eigenvalue weighted by atomic mass is 16.5. The minimum Gasteiger partial charge on any atom is -0.375 e. The number of hydrogen-bond donors (Lipinski definition) is 2. The molecule has 1 aliphatic heterocycles. The molecular weight excluding hydrogens is 152 g/mol. The predicted molar refractivity (Wildman–Crippen MR) is 50.1 cm³/mol. The maximum atomic E-state index is 5.61. The highest BCUT2D eigenvalue weighted by Crippen LogP contribution is 2.28. The minimum absolute atomic E-state index is 0.0923. The van der Waals surface area contributed by atoms with Crippen molar-refractivity contribution < 1.29 is 4.74 Å². The summed E-state index contributed by atoms with van der Waals surface area (Å²) in [5.74, 6) is 0.673. The first-order valence-electron chi connectivity index (χ1n) is 4.69. The van der Waals surface area contributed by atoms with E-state index in [4.69, 9.17) is 10.5 Å². The van der Waals surface area contributed by atoms with Crippen LogP contribution >= 0.6 is 0 Å². The van der Waals surface area contributed by atoms with Crippen LogP contribution in [-0.2, 0) is 4.74 Å². The normalized spacial score (nSPS) is 27.8. The average Bonchev–Trinajstić information content (AvgIpc) is 2.31. The van der Waals surface area contributed by atoms with E-state index in [1.807, 2.05) is 0 Å². The molecule has 0 aromatic heterocycles. The molecule has 0 bridgehead atoms. The number of ether oxygens (including phenoxy) is 1. The Balaban J connectivity index is 2.11. The fourth-order valence-corrected chi connectivity index (χ4v) is 1.70. The number of nitrogens with one attached hydrogen (secondary N) is 1. The Hall–Kier alpha value is -0.120. The van der Waals surface area contributed by atoms with Gasteiger partial charge in [0.05, 0.1) is 12.2 Å². The van der Waals surface area contributed by atoms with Gasteiger partial charge in [-0.2, -0.15) is 0 Å². The zero-order chi connectivity index (χ0) is 9.03. The van der Waals surface area contributed by atoms with Crippen LogP contribution in [0.15, 0.2) is 0 Å². The number of rotatable bonds is 4. The van der Waals surface area contributed by atoms with Gasteiger partial charge in [-0.05, 0) is 26.2 Å². The SMILES string of the molecule is CC1(C)CC(CNCCN)CO1. The van der Waals surface area contributed by atoms with Gasteiger partial charge in [0.15, 0.2) is 0 Å². The van der Waals surface area contributed by atoms with E-state index in [0.29, 0.717) is 5.92 Å². The van der Waals surface area contributed by atoms with Crippen LogP contribution in [0.2, 0.25) is 0 Å². The third-order valence-corrected chi connectivity index (χ3v) is 2.24. The Labute approximate surface area is 74.7 Å². The third-order valence-electron chi connectivity index (χ3n) is 2.24. The maximum absolute atomic E-state index is 5.61. The molecule has 1 unspecified atom stereocenters. The molecule has 0 aromatic rings. The van der Waals surface area contributed by atoms with Gasteiger partial charge >= 0.3 is 0 Å². The maximum Gasteiger partial charge on any atom is 0.0630 e. The fourth-order valence-electron chi connectivity index (χ4n) is 1.70. The minimum atomic E-state index is 0.0923. The molecule has 12 heavy (non-hydrogen) atoms. The summed E-state index contributed by atoms with van der Waals surface area (Å²) in [7, 11) is 0. The second-order valence-corrected chi connectivity index (χ2v) is 4.13. The zero-order valence-corrected chi connectivity index (χ0v) is 8.10. The second kappa shape index (κ2) is 4.21. The molecule has 72 valence electrons. The monoisotopic (exact) mass is 172 g/mol. The van der Waals surface area contributed by atoms with Crippen molar-refractivity contribution in [2.24, 2.45) is 11.7 Å². The third kappa shape index (κ3) is 3.09. The highest BCUT2D eigenvalue weighted by molar-refractivity contribution is 4.81. The van der Waals surface area contributed by atoms with E-state index in [1.54, 1.807) is 0 Å². The van der Waals surface area contributed by atoms with Crippen molar-refractivity contribution in [2.75, 3.05) is 26.2 Å². The van der Waals surface area contributed by atoms with Crippen molar-refractivity contribution in [3.05, 3.63) is 0 Å². The van der Waals surface area contributed by atoms with Crippen LogP contribution in [0.25, 0.3) is 0 Å². The van der Waals surface area contributed by atoms with Gasteiger partial charge in [0, 0.05) is 19.6 Å². The molecule has 1 rings (SSSR count). The van der Waals surface area contributed by atoms with Gasteiger partial charge < -0.3 is 15.8 Å². The second-order valence-electron chi connectivity index (χ2n) is 4.13. The predicted octanol–water partition coefficient (Wildman–Crippen LogP) is 0.350. The Morgan fingerprint density at radius 3 is 2.83 bits per heavy atom. The van der Waals surface area contributed by atoms with Gasteiger partial charge in [-0.25, -0.2) is 0 Å². The first kappa shape index (κ1) is 9.96. The standard InChI is InChI=1S/C9H20N2O/c1-9(2)5-8(7-12-9)6-11-4-3-10/h8,11H,3-7,10H2,1-2H3. The quantitative estimate of drug-likeness (QED) is 0.602. The summed E-state index contributed by atoms with van der Waals surface area (Å²) in [6.07, 6.45) is 1.16. The first-order chi connectivity index (χ1) is 5.64. The average molecular weight is 172 g/mol. The molecule has 0 aromatic carbocycles. The lowest BCUT2D eigenvalue weighted by Crippen LogP contribution is -2.28. The van der Waals surface area contributed by atoms with Gasteiger partial charge in [0.1, 0.15) is 0 Å². The Morgan fingerprint density at radius 1 is 1.58 bits per heavy atom. The van der Waals surface area contributed by atoms with E-state index < -0.39 is 0 Å². The summed E-state index contributed by atoms with van der Waals surface area (Å²) < 4.78 is 5.61. The van der Waals surface area contributed by atoms with Crippen LogP contribution in [0.4, 0.5) is 0 Å². The Kier molecular flexibility index (Phi) is 3.50. The lowest BCUT2D eigenvalue weighted by Gasteiger charge is -2.15. The van der Waals surface area contributed by atoms with Crippen LogP contribution in [-0.4, -0.2) is 31.8 Å². The lowest BCUT2D eigenvalue weighted by atomic mass is 9.98. The molecule has 3 N–H and O–H groups in total. The van der Waals surface area contributed by atoms with E-state index in [0.717, 1.165) is 32.7 Å². The van der Waals surface area contributed by atoms with Crippen molar-refractivity contribution in [1.82, 2.24) is 5.32 Å². The molecule has 0 saturated carbocycles. The summed E-state index contributed by atoms with van der Waals surface area (Å²) in [6.45, 7) is 7.87. The van der Waals surface area contributed by atoms with Crippen LogP contribution < -0.4 is 11.1 Å². The van der Waals surface area contributed by atoms with E-state index in [2.05, 4.69) is 19.2 Å². The van der Waals surface area contributed by atoms with E-state index >= 15 is 0 Å². The molecule has 3 nitrogen and oxygen atoms in total. The molecule has 3 heteroatoms. The van der Waals surface area contributed by atoms with E-state index in [9.17, 15) is 0 Å². The zero-order valence-electron chi connectivity index (χ0n) is 8.10. The first-order valence-corrected chi connectivity index (χ1v) is 4.69. The largest absolute Gasteiger partial charge is 0.375 e. The molecule has 1 saturated heterocycles. The molecule has 0 radical (unpaired) electrons. The topological polar surface area (TPSA) is 47.3 Å². The molecular formula is C9H20N2O. The molecule has 0 amide bonds. The van der Waals surface area contributed by atoms with Gasteiger partial charge in [-0.1, -0.05) is 0 Å². The Morgan fingerprint density at radius 2 is 2.33 bits per heavy atom. The molecule has 1 heterocycles. The molecule has 1 fully saturated rings. The van der Waals surface area contributed by atoms with Gasteiger partial charge in [0.25, 0.3) is 0 Å². The summed E-state index contributed by atoms with van der Waals surface area (Å²) in [6, 6.07) is 0. The summed E-state index contributed by atoms with van der Waals surface area (Å²) in [5, 5.41) is 3.31. The van der Waals surface area contributed by atoms with Crippen LogP contribution in [0.3, 0.4) is 0 Å². The molecule has 1 atom stereocenters. The molecule has 1 aliphatic rings. The summed E-state index contributed by atoms with van der Waals surface area (Å²) >= 11 is 0. The van der Waals surface area contributed by atoms with Crippen molar-refractivity contribution in [3.8, 4) is 0 Å². The lowest BCUT2D eigenvalue weighted by molar-refractivity contribution is 0.0350. The van der Waals surface area contributed by atoms with Crippen molar-refractivity contribution in [3.63, 3.8) is 0 Å². The highest BCUT2D eigenvalue weighted by Gasteiger charge is 2.31. The van der Waals surface area contributed by atoms with Gasteiger partial charge in [0.2, 0.25) is 0 Å². The Bertz CT molecular complexity index is 136. The summed E-state index contributed by atoms with van der Waals surface area (Å²) in [4.78, 5) is 0. The van der Waals surface area contributed by atoms with Crippen LogP contribution in [0.5, 0.6) is 0 Å². The molecule has 0 aliphatic carbocycles. The number of hydrogen-bond acceptors (Lipinski definition) is 3. The van der Waals surface area contributed by atoms with Gasteiger partial charge in [-0.3, -0.25) is 0 Å². The molecule has 0 spiro atoms. The van der Waals surface area contributed by atoms with Gasteiger partial charge in [-0.15, -0.1) is 0 Å². The van der Waals surface area contributed by atoms with Crippen LogP contribution in [0, 0.1) is 5.92 Å². The van der Waals surface area contributed by atoms with Crippen molar-refractivity contribution in [1.29, 1.82) is 0 Å². The van der Waals surface area contributed by atoms with Crippen molar-refractivity contribution in [2.45, 2.75) is 25.9 Å². The van der Waals surface area contributed by atoms with E-state index in [-0.39, 0.29) is 5.60 Å². The van der Waals surface area contributed by atoms with E-state index in [1.165, 1.54) is 0 Å². The van der Waals surface area contributed by atoms with Crippen LogP contribution in [0.1, 0.15) is 20.3 Å². The number of nitrogens with two attached hydrogens (primary N) is 1. The van der Waals surface area contributed by atoms with Crippen molar-refractivity contribution >= 4 is 0 Å².